The molecule has 7 nitrogen and oxygen atoms in total. The number of carbonyl (C=O) groups is 1. The van der Waals surface area contributed by atoms with E-state index in [1.54, 1.807) is 29.2 Å². The summed E-state index contributed by atoms with van der Waals surface area (Å²) in [5, 5.41) is 0. The first-order chi connectivity index (χ1) is 16.4. The molecule has 1 aliphatic heterocycles. The van der Waals surface area contributed by atoms with Crippen molar-refractivity contribution in [3.63, 3.8) is 0 Å². The molecule has 1 aromatic heterocycles. The van der Waals surface area contributed by atoms with Crippen LogP contribution in [0, 0.1) is 0 Å². The summed E-state index contributed by atoms with van der Waals surface area (Å²) in [7, 11) is -3.23. The van der Waals surface area contributed by atoms with Crippen LogP contribution in [0.1, 0.15) is 30.3 Å². The van der Waals surface area contributed by atoms with Crippen LogP contribution < -0.4 is 0 Å². The Labute approximate surface area is 198 Å². The van der Waals surface area contributed by atoms with E-state index in [1.165, 1.54) is 6.26 Å². The Morgan fingerprint density at radius 2 is 1.79 bits per heavy atom. The van der Waals surface area contributed by atoms with Gasteiger partial charge in [-0.15, -0.1) is 0 Å². The summed E-state index contributed by atoms with van der Waals surface area (Å²) in [6, 6.07) is 22.2. The maximum atomic E-state index is 12.8. The quantitative estimate of drug-likeness (QED) is 0.433. The minimum atomic E-state index is -3.23. The third kappa shape index (κ3) is 4.54. The van der Waals surface area contributed by atoms with E-state index in [9.17, 15) is 13.2 Å². The van der Waals surface area contributed by atoms with Gasteiger partial charge in [-0.3, -0.25) is 4.90 Å². The molecule has 5 rings (SSSR count). The highest BCUT2D eigenvalue weighted by Gasteiger charge is 2.33. The molecule has 1 amide bonds. The molecule has 0 aliphatic carbocycles. The van der Waals surface area contributed by atoms with E-state index < -0.39 is 9.84 Å². The summed E-state index contributed by atoms with van der Waals surface area (Å²) in [6.45, 7) is 0.873. The van der Waals surface area contributed by atoms with Crippen molar-refractivity contribution in [2.75, 3.05) is 12.8 Å². The minimum Gasteiger partial charge on any atom is -0.445 e. The van der Waals surface area contributed by atoms with Crippen molar-refractivity contribution in [1.82, 2.24) is 14.9 Å². The fourth-order valence-corrected chi connectivity index (χ4v) is 4.96. The number of amides is 1. The molecule has 8 heteroatoms. The highest BCUT2D eigenvalue weighted by Crippen LogP contribution is 2.33. The molecular formula is C26H25N3O4S. The number of ether oxygens (including phenoxy) is 1. The van der Waals surface area contributed by atoms with Crippen LogP contribution in [0.25, 0.3) is 22.2 Å². The van der Waals surface area contributed by atoms with Gasteiger partial charge < -0.3 is 9.72 Å². The average molecular weight is 476 g/mol. The molecule has 0 radical (unpaired) electrons. The molecule has 2 heterocycles. The van der Waals surface area contributed by atoms with Crippen LogP contribution in [-0.2, 0) is 21.2 Å². The summed E-state index contributed by atoms with van der Waals surface area (Å²) in [5.74, 6) is 0.744. The van der Waals surface area contributed by atoms with Gasteiger partial charge in [0.25, 0.3) is 0 Å². The molecule has 0 bridgehead atoms. The van der Waals surface area contributed by atoms with E-state index in [1.807, 2.05) is 48.5 Å². The van der Waals surface area contributed by atoms with Crippen LogP contribution in [0.15, 0.2) is 77.7 Å². The molecule has 34 heavy (non-hydrogen) atoms. The monoisotopic (exact) mass is 475 g/mol. The fraction of sp³-hybridized carbons (Fsp3) is 0.231. The lowest BCUT2D eigenvalue weighted by molar-refractivity contribution is 0.0910. The molecule has 1 aliphatic rings. The van der Waals surface area contributed by atoms with Crippen LogP contribution in [0.4, 0.5) is 4.79 Å². The van der Waals surface area contributed by atoms with Crippen LogP contribution in [0.3, 0.4) is 0 Å². The van der Waals surface area contributed by atoms with E-state index in [-0.39, 0.29) is 18.7 Å². The smallest absolute Gasteiger partial charge is 0.410 e. The number of aromatic nitrogens is 2. The molecule has 4 aromatic rings. The Bertz CT molecular complexity index is 1430. The first-order valence-electron chi connectivity index (χ1n) is 11.2. The SMILES string of the molecule is CS(=O)(=O)c1ccc(-c2ccc3nc([C@H]4CCCN4C(=O)OCc4ccccc4)[nH]c3c2)cc1. The first-order valence-corrected chi connectivity index (χ1v) is 13.0. The number of hydrogen-bond acceptors (Lipinski definition) is 5. The second kappa shape index (κ2) is 8.95. The lowest BCUT2D eigenvalue weighted by Crippen LogP contribution is -2.31. The number of fused-ring (bicyclic) bond motifs is 1. The standard InChI is InChI=1S/C26H25N3O4S/c1-34(31,32)21-12-9-19(10-13-21)20-11-14-22-23(16-20)28-25(27-22)24-8-5-15-29(24)26(30)33-17-18-6-3-2-4-7-18/h2-4,6-7,9-14,16,24H,5,8,15,17H2,1H3,(H,27,28)/t24-/m1/s1. The maximum absolute atomic E-state index is 12.8. The number of sulfone groups is 1. The molecule has 0 unspecified atom stereocenters. The van der Waals surface area contributed by atoms with E-state index in [4.69, 9.17) is 9.72 Å². The van der Waals surface area contributed by atoms with Gasteiger partial charge in [0.15, 0.2) is 9.84 Å². The Kier molecular flexibility index (Phi) is 5.83. The Hall–Kier alpha value is -3.65. The fourth-order valence-electron chi connectivity index (χ4n) is 4.33. The van der Waals surface area contributed by atoms with Crippen molar-refractivity contribution < 1.29 is 17.9 Å². The maximum Gasteiger partial charge on any atom is 0.410 e. The normalized spacial score (nSPS) is 16.1. The van der Waals surface area contributed by atoms with Crippen molar-refractivity contribution in [1.29, 1.82) is 0 Å². The van der Waals surface area contributed by atoms with Crippen LogP contribution in [0.2, 0.25) is 0 Å². The first kappa shape index (κ1) is 22.2. The van der Waals surface area contributed by atoms with E-state index in [2.05, 4.69) is 4.98 Å². The third-order valence-corrected chi connectivity index (χ3v) is 7.25. The number of likely N-dealkylation sites (tertiary alicyclic amines) is 1. The second-order valence-corrected chi connectivity index (χ2v) is 10.6. The largest absolute Gasteiger partial charge is 0.445 e. The summed E-state index contributed by atoms with van der Waals surface area (Å²) < 4.78 is 29.0. The zero-order chi connectivity index (χ0) is 23.7. The molecule has 1 atom stereocenters. The van der Waals surface area contributed by atoms with E-state index in [0.717, 1.165) is 46.4 Å². The summed E-state index contributed by atoms with van der Waals surface area (Å²) >= 11 is 0. The third-order valence-electron chi connectivity index (χ3n) is 6.12. The van der Waals surface area contributed by atoms with Crippen molar-refractivity contribution in [2.24, 2.45) is 0 Å². The molecule has 1 N–H and O–H groups in total. The number of aromatic amines is 1. The van der Waals surface area contributed by atoms with Crippen LogP contribution >= 0.6 is 0 Å². The van der Waals surface area contributed by atoms with Gasteiger partial charge in [0, 0.05) is 12.8 Å². The number of H-pyrrole nitrogens is 1. The van der Waals surface area contributed by atoms with Gasteiger partial charge in [0.05, 0.1) is 22.0 Å². The number of imidazole rings is 1. The van der Waals surface area contributed by atoms with Gasteiger partial charge in [-0.2, -0.15) is 0 Å². The van der Waals surface area contributed by atoms with Crippen LogP contribution in [0.5, 0.6) is 0 Å². The number of rotatable bonds is 5. The van der Waals surface area contributed by atoms with E-state index in [0.29, 0.717) is 11.4 Å². The molecule has 174 valence electrons. The van der Waals surface area contributed by atoms with Crippen molar-refractivity contribution >= 4 is 27.0 Å². The molecule has 0 spiro atoms. The average Bonchev–Trinajstić information content (AvgIpc) is 3.49. The molecule has 1 saturated heterocycles. The zero-order valence-electron chi connectivity index (χ0n) is 18.8. The van der Waals surface area contributed by atoms with Gasteiger partial charge in [-0.1, -0.05) is 48.5 Å². The molecule has 3 aromatic carbocycles. The predicted molar refractivity (Wildman–Crippen MR) is 130 cm³/mol. The number of nitrogens with one attached hydrogen (secondary N) is 1. The molecular weight excluding hydrogens is 450 g/mol. The predicted octanol–water partition coefficient (Wildman–Crippen LogP) is 5.11. The number of hydrogen-bond donors (Lipinski definition) is 1. The minimum absolute atomic E-state index is 0.159. The zero-order valence-corrected chi connectivity index (χ0v) is 19.6. The highest BCUT2D eigenvalue weighted by molar-refractivity contribution is 7.90. The highest BCUT2D eigenvalue weighted by atomic mass is 32.2. The number of nitrogens with zero attached hydrogens (tertiary/aromatic N) is 2. The molecule has 1 fully saturated rings. The van der Waals surface area contributed by atoms with Crippen molar-refractivity contribution in [3.05, 3.63) is 84.2 Å². The van der Waals surface area contributed by atoms with Crippen LogP contribution in [-0.4, -0.2) is 42.2 Å². The topological polar surface area (TPSA) is 92.4 Å². The van der Waals surface area contributed by atoms with Crippen molar-refractivity contribution in [3.8, 4) is 11.1 Å². The molecule has 0 saturated carbocycles. The lowest BCUT2D eigenvalue weighted by atomic mass is 10.1. The van der Waals surface area contributed by atoms with Gasteiger partial charge in [-0.25, -0.2) is 18.2 Å². The summed E-state index contributed by atoms with van der Waals surface area (Å²) in [4.78, 5) is 22.9. The second-order valence-electron chi connectivity index (χ2n) is 8.54. The Morgan fingerprint density at radius 3 is 2.53 bits per heavy atom. The summed E-state index contributed by atoms with van der Waals surface area (Å²) in [6.07, 6.45) is 2.57. The lowest BCUT2D eigenvalue weighted by Gasteiger charge is -2.22. The number of benzene rings is 3. The summed E-state index contributed by atoms with van der Waals surface area (Å²) in [5.41, 5.74) is 4.50. The van der Waals surface area contributed by atoms with Gasteiger partial charge >= 0.3 is 6.09 Å². The van der Waals surface area contributed by atoms with Gasteiger partial charge in [0.2, 0.25) is 0 Å². The van der Waals surface area contributed by atoms with Gasteiger partial charge in [-0.05, 0) is 53.8 Å². The van der Waals surface area contributed by atoms with Gasteiger partial charge in [0.1, 0.15) is 12.4 Å². The Balaban J connectivity index is 1.35. The van der Waals surface area contributed by atoms with Crippen molar-refractivity contribution in [2.45, 2.75) is 30.4 Å². The Morgan fingerprint density at radius 1 is 1.06 bits per heavy atom. The van der Waals surface area contributed by atoms with E-state index >= 15 is 0 Å². The number of carbonyl (C=O) groups excluding carboxylic acids is 1.